The molecule has 5 aromatic rings. The van der Waals surface area contributed by atoms with E-state index in [1.807, 2.05) is 0 Å². The average molecular weight is 642 g/mol. The molecular formula is C26H19N5O9S3. The van der Waals surface area contributed by atoms with E-state index in [-0.39, 0.29) is 38.4 Å². The van der Waals surface area contributed by atoms with Crippen LogP contribution < -0.4 is 5.73 Å². The fourth-order valence-corrected chi connectivity index (χ4v) is 5.67. The molecule has 43 heavy (non-hydrogen) atoms. The summed E-state index contributed by atoms with van der Waals surface area (Å²) in [6.45, 7) is 0. The number of rotatable bonds is 7. The lowest BCUT2D eigenvalue weighted by atomic mass is 10.1. The number of anilines is 1. The number of azo groups is 2. The molecule has 5 aromatic carbocycles. The average Bonchev–Trinajstić information content (AvgIpc) is 2.94. The Morgan fingerprint density at radius 3 is 1.47 bits per heavy atom. The molecule has 220 valence electrons. The number of hydrogen-bond donors (Lipinski definition) is 4. The Morgan fingerprint density at radius 2 is 0.907 bits per heavy atom. The van der Waals surface area contributed by atoms with E-state index in [1.54, 1.807) is 6.07 Å². The highest BCUT2D eigenvalue weighted by atomic mass is 32.2. The normalized spacial score (nSPS) is 13.0. The summed E-state index contributed by atoms with van der Waals surface area (Å²) in [7, 11) is -13.6. The largest absolute Gasteiger partial charge is 0.398 e. The minimum Gasteiger partial charge on any atom is -0.398 e. The SMILES string of the molecule is Nc1ccc(/N=N/c2ccc(/N=N/c3cccc(S(=O)(=O)O)c3)c3cc(S(=O)(=O)O)ccc23)c2cc(S(=O)(=O)O)ccc12. The molecule has 0 unspecified atom stereocenters. The molecule has 0 aliphatic rings. The van der Waals surface area contributed by atoms with Gasteiger partial charge in [-0.2, -0.15) is 30.4 Å². The minimum atomic E-state index is -4.61. The van der Waals surface area contributed by atoms with Crippen LogP contribution in [0.5, 0.6) is 0 Å². The van der Waals surface area contributed by atoms with Crippen molar-refractivity contribution >= 4 is 80.3 Å². The van der Waals surface area contributed by atoms with Crippen LogP contribution in [0, 0.1) is 0 Å². The molecule has 0 spiro atoms. The third-order valence-electron chi connectivity index (χ3n) is 6.19. The van der Waals surface area contributed by atoms with Gasteiger partial charge >= 0.3 is 0 Å². The molecule has 5 rings (SSSR count). The molecule has 0 atom stereocenters. The standard InChI is InChI=1S/C26H19N5O9S3/c27-23-8-9-25(21-13-17(42(35,36)37)4-6-19(21)23)31-30-24-10-11-26(22-14-18(43(38,39)40)5-7-20(22)24)29-28-15-2-1-3-16(12-15)41(32,33)34/h1-14H,27H2,(H,32,33,34)(H,35,36,37)(H,38,39,40)/b29-28+,31-30+. The van der Waals surface area contributed by atoms with Gasteiger partial charge in [0, 0.05) is 27.2 Å². The Hall–Kier alpha value is -4.65. The first-order valence-electron chi connectivity index (χ1n) is 11.9. The lowest BCUT2D eigenvalue weighted by Crippen LogP contribution is -1.98. The first-order valence-corrected chi connectivity index (χ1v) is 16.2. The van der Waals surface area contributed by atoms with Crippen LogP contribution in [0.1, 0.15) is 0 Å². The molecule has 0 aromatic heterocycles. The van der Waals surface area contributed by atoms with Gasteiger partial charge in [-0.3, -0.25) is 13.7 Å². The van der Waals surface area contributed by atoms with E-state index in [1.165, 1.54) is 54.6 Å². The molecule has 0 radical (unpaired) electrons. The molecule has 0 heterocycles. The first-order chi connectivity index (χ1) is 20.1. The van der Waals surface area contributed by atoms with Crippen LogP contribution in [-0.4, -0.2) is 38.9 Å². The molecule has 5 N–H and O–H groups in total. The summed E-state index contributed by atoms with van der Waals surface area (Å²) in [5, 5.41) is 17.8. The second-order valence-corrected chi connectivity index (χ2v) is 13.3. The quantitative estimate of drug-likeness (QED) is 0.0898. The predicted octanol–water partition coefficient (Wildman–Crippen LogP) is 6.15. The van der Waals surface area contributed by atoms with Gasteiger partial charge in [0.1, 0.15) is 0 Å². The fourth-order valence-electron chi connectivity index (χ4n) is 4.14. The van der Waals surface area contributed by atoms with Crippen molar-refractivity contribution in [1.29, 1.82) is 0 Å². The molecule has 17 heteroatoms. The van der Waals surface area contributed by atoms with Gasteiger partial charge in [0.05, 0.1) is 37.4 Å². The van der Waals surface area contributed by atoms with Crippen molar-refractivity contribution in [1.82, 2.24) is 0 Å². The minimum absolute atomic E-state index is 0.0671. The van der Waals surface area contributed by atoms with E-state index < -0.39 is 40.1 Å². The Morgan fingerprint density at radius 1 is 0.465 bits per heavy atom. The van der Waals surface area contributed by atoms with E-state index in [2.05, 4.69) is 20.5 Å². The predicted molar refractivity (Wildman–Crippen MR) is 157 cm³/mol. The Kier molecular flexibility index (Phi) is 7.55. The number of nitrogens with two attached hydrogens (primary N) is 1. The van der Waals surface area contributed by atoms with Crippen molar-refractivity contribution in [3.8, 4) is 0 Å². The number of fused-ring (bicyclic) bond motifs is 2. The fraction of sp³-hybridized carbons (Fsp3) is 0. The Labute approximate surface area is 244 Å². The number of benzene rings is 5. The topological polar surface area (TPSA) is 239 Å². The van der Waals surface area contributed by atoms with Gasteiger partial charge in [0.2, 0.25) is 0 Å². The summed E-state index contributed by atoms with van der Waals surface area (Å²) in [4.78, 5) is -1.22. The van der Waals surface area contributed by atoms with Gasteiger partial charge in [-0.25, -0.2) is 0 Å². The summed E-state index contributed by atoms with van der Waals surface area (Å²) < 4.78 is 98.4. The summed E-state index contributed by atoms with van der Waals surface area (Å²) in [5.41, 5.74) is 6.96. The zero-order valence-electron chi connectivity index (χ0n) is 21.5. The van der Waals surface area contributed by atoms with Crippen LogP contribution in [0.2, 0.25) is 0 Å². The van der Waals surface area contributed by atoms with Crippen molar-refractivity contribution in [2.75, 3.05) is 5.73 Å². The van der Waals surface area contributed by atoms with E-state index in [0.717, 1.165) is 24.3 Å². The van der Waals surface area contributed by atoms with Crippen LogP contribution in [0.25, 0.3) is 21.5 Å². The van der Waals surface area contributed by atoms with Crippen molar-refractivity contribution in [2.45, 2.75) is 14.7 Å². The van der Waals surface area contributed by atoms with Gasteiger partial charge in [0.25, 0.3) is 30.4 Å². The van der Waals surface area contributed by atoms with E-state index in [9.17, 15) is 38.9 Å². The van der Waals surface area contributed by atoms with E-state index in [4.69, 9.17) is 5.73 Å². The summed E-state index contributed by atoms with van der Waals surface area (Å²) in [6, 6.07) is 18.4. The van der Waals surface area contributed by atoms with Crippen molar-refractivity contribution < 1.29 is 38.9 Å². The zero-order valence-corrected chi connectivity index (χ0v) is 23.9. The lowest BCUT2D eigenvalue weighted by molar-refractivity contribution is 0.481. The summed E-state index contributed by atoms with van der Waals surface area (Å²) >= 11 is 0. The van der Waals surface area contributed by atoms with Gasteiger partial charge in [-0.15, -0.1) is 15.3 Å². The maximum atomic E-state index is 11.9. The van der Waals surface area contributed by atoms with Crippen molar-refractivity contribution in [3.05, 3.63) is 84.9 Å². The van der Waals surface area contributed by atoms with Crippen LogP contribution in [0.3, 0.4) is 0 Å². The maximum absolute atomic E-state index is 11.9. The van der Waals surface area contributed by atoms with Crippen LogP contribution in [0.4, 0.5) is 28.4 Å². The second-order valence-electron chi connectivity index (χ2n) is 9.02. The summed E-state index contributed by atoms with van der Waals surface area (Å²) in [6.07, 6.45) is 0. The number of nitrogen functional groups attached to an aromatic ring is 1. The Balaban J connectivity index is 1.64. The lowest BCUT2D eigenvalue weighted by Gasteiger charge is -2.08. The third-order valence-corrected chi connectivity index (χ3v) is 8.74. The molecule has 0 bridgehead atoms. The summed E-state index contributed by atoms with van der Waals surface area (Å²) in [5.74, 6) is 0. The van der Waals surface area contributed by atoms with Crippen LogP contribution in [-0.2, 0) is 30.4 Å². The van der Waals surface area contributed by atoms with Crippen LogP contribution >= 0.6 is 0 Å². The molecular weight excluding hydrogens is 623 g/mol. The van der Waals surface area contributed by atoms with Crippen molar-refractivity contribution in [2.24, 2.45) is 20.5 Å². The molecule has 0 fully saturated rings. The first kappa shape index (κ1) is 29.8. The zero-order chi connectivity index (χ0) is 31.2. The second kappa shape index (κ2) is 10.9. The van der Waals surface area contributed by atoms with Gasteiger partial charge in [-0.05, 0) is 66.7 Å². The van der Waals surface area contributed by atoms with Crippen LogP contribution in [0.15, 0.2) is 120 Å². The molecule has 0 aliphatic carbocycles. The molecule has 0 amide bonds. The highest BCUT2D eigenvalue weighted by molar-refractivity contribution is 7.86. The van der Waals surface area contributed by atoms with Gasteiger partial charge in [-0.1, -0.05) is 18.2 Å². The third kappa shape index (κ3) is 6.41. The number of hydrogen-bond acceptors (Lipinski definition) is 11. The maximum Gasteiger partial charge on any atom is 0.294 e. The molecule has 0 aliphatic heterocycles. The van der Waals surface area contributed by atoms with Crippen molar-refractivity contribution in [3.63, 3.8) is 0 Å². The van der Waals surface area contributed by atoms with E-state index >= 15 is 0 Å². The highest BCUT2D eigenvalue weighted by Crippen LogP contribution is 2.38. The highest BCUT2D eigenvalue weighted by Gasteiger charge is 2.16. The molecule has 14 nitrogen and oxygen atoms in total. The van der Waals surface area contributed by atoms with Gasteiger partial charge < -0.3 is 5.73 Å². The van der Waals surface area contributed by atoms with E-state index in [0.29, 0.717) is 16.5 Å². The monoisotopic (exact) mass is 641 g/mol. The van der Waals surface area contributed by atoms with Gasteiger partial charge in [0.15, 0.2) is 0 Å². The molecule has 0 saturated carbocycles. The number of nitrogens with zero attached hydrogens (tertiary/aromatic N) is 4. The Bertz CT molecular complexity index is 2340. The molecule has 0 saturated heterocycles. The smallest absolute Gasteiger partial charge is 0.294 e.